The summed E-state index contributed by atoms with van der Waals surface area (Å²) < 4.78 is 12.6. The van der Waals surface area contributed by atoms with E-state index >= 15 is 0 Å². The van der Waals surface area contributed by atoms with Crippen LogP contribution in [0, 0.1) is 13.8 Å². The Morgan fingerprint density at radius 2 is 1.61 bits per heavy atom. The van der Waals surface area contributed by atoms with E-state index in [2.05, 4.69) is 45.0 Å². The second kappa shape index (κ2) is 13.3. The highest BCUT2D eigenvalue weighted by molar-refractivity contribution is 7.80. The lowest BCUT2D eigenvalue weighted by Gasteiger charge is -2.28. The van der Waals surface area contributed by atoms with Crippen LogP contribution in [0.3, 0.4) is 0 Å². The molecule has 3 aromatic carbocycles. The van der Waals surface area contributed by atoms with Crippen LogP contribution >= 0.6 is 12.2 Å². The highest BCUT2D eigenvalue weighted by Gasteiger charge is 2.42. The Morgan fingerprint density at radius 3 is 2.28 bits per heavy atom. The van der Waals surface area contributed by atoms with Crippen molar-refractivity contribution in [3.05, 3.63) is 138 Å². The van der Waals surface area contributed by atoms with Crippen molar-refractivity contribution >= 4 is 40.6 Å². The largest absolute Gasteiger partial charge is 0.484 e. The van der Waals surface area contributed by atoms with Gasteiger partial charge in [-0.05, 0) is 110 Å². The molecule has 232 valence electrons. The van der Waals surface area contributed by atoms with E-state index in [1.807, 2.05) is 84.9 Å². The predicted molar refractivity (Wildman–Crippen MR) is 182 cm³/mol. The van der Waals surface area contributed by atoms with Crippen molar-refractivity contribution in [2.75, 3.05) is 23.9 Å². The number of hydrogen-bond donors (Lipinski definition) is 2. The van der Waals surface area contributed by atoms with E-state index in [-0.39, 0.29) is 30.6 Å². The third kappa shape index (κ3) is 6.20. The third-order valence-corrected chi connectivity index (χ3v) is 8.29. The summed E-state index contributed by atoms with van der Waals surface area (Å²) in [4.78, 5) is 31.4. The molecule has 1 saturated heterocycles. The number of ether oxygens (including phenoxy) is 2. The number of para-hydroxylation sites is 1. The fraction of sp³-hybridized carbons (Fsp3) is 0.167. The quantitative estimate of drug-likeness (QED) is 0.141. The van der Waals surface area contributed by atoms with Crippen LogP contribution in [0.25, 0.3) is 5.69 Å². The van der Waals surface area contributed by atoms with Gasteiger partial charge in [-0.1, -0.05) is 24.3 Å². The van der Waals surface area contributed by atoms with E-state index in [1.165, 1.54) is 7.11 Å². The van der Waals surface area contributed by atoms with Gasteiger partial charge in [0, 0.05) is 34.6 Å². The molecular formula is C36H33N5O4S. The van der Waals surface area contributed by atoms with Gasteiger partial charge in [0.05, 0.1) is 30.5 Å². The average Bonchev–Trinajstić information content (AvgIpc) is 3.59. The SMILES string of the molecule is COC(=O)c1ccc(-n2c(C)cc([C@@H]3[C@H](c4ccccn4)NC(=S)N3c3ccc(NC(=O)COc4ccccc4)cc3)c2C)cc1. The zero-order chi connectivity index (χ0) is 32.2. The lowest BCUT2D eigenvalue weighted by atomic mass is 9.96. The Bertz CT molecular complexity index is 1860. The van der Waals surface area contributed by atoms with Crippen LogP contribution in [0.2, 0.25) is 0 Å². The molecule has 1 aliphatic rings. The van der Waals surface area contributed by atoms with Crippen LogP contribution in [0.5, 0.6) is 5.75 Å². The Kier molecular flexibility index (Phi) is 8.80. The van der Waals surface area contributed by atoms with Gasteiger partial charge in [0.2, 0.25) is 0 Å². The number of aryl methyl sites for hydroxylation is 1. The first-order valence-electron chi connectivity index (χ1n) is 14.8. The van der Waals surface area contributed by atoms with E-state index in [1.54, 1.807) is 18.3 Å². The molecule has 0 saturated carbocycles. The van der Waals surface area contributed by atoms with E-state index in [0.29, 0.717) is 22.1 Å². The summed E-state index contributed by atoms with van der Waals surface area (Å²) in [5.74, 6) is 0.00269. The monoisotopic (exact) mass is 631 g/mol. The van der Waals surface area contributed by atoms with Crippen molar-refractivity contribution in [3.8, 4) is 11.4 Å². The summed E-state index contributed by atoms with van der Waals surface area (Å²) in [6, 6.07) is 31.8. The number of nitrogens with zero attached hydrogens (tertiary/aromatic N) is 3. The summed E-state index contributed by atoms with van der Waals surface area (Å²) in [6.07, 6.45) is 1.78. The molecule has 2 atom stereocenters. The number of amides is 1. The third-order valence-electron chi connectivity index (χ3n) is 7.98. The highest BCUT2D eigenvalue weighted by Crippen LogP contribution is 2.44. The number of aromatic nitrogens is 2. The van der Waals surface area contributed by atoms with E-state index < -0.39 is 0 Å². The van der Waals surface area contributed by atoms with Crippen molar-refractivity contribution in [2.24, 2.45) is 0 Å². The molecule has 6 rings (SSSR count). The minimum atomic E-state index is -0.376. The van der Waals surface area contributed by atoms with Gasteiger partial charge in [-0.2, -0.15) is 0 Å². The maximum Gasteiger partial charge on any atom is 0.337 e. The van der Waals surface area contributed by atoms with Crippen LogP contribution in [0.4, 0.5) is 11.4 Å². The number of hydrogen-bond acceptors (Lipinski definition) is 6. The fourth-order valence-electron chi connectivity index (χ4n) is 5.87. The molecule has 1 fully saturated rings. The molecule has 1 aliphatic heterocycles. The molecule has 0 unspecified atom stereocenters. The smallest absolute Gasteiger partial charge is 0.337 e. The summed E-state index contributed by atoms with van der Waals surface area (Å²) in [6.45, 7) is 4.05. The summed E-state index contributed by atoms with van der Waals surface area (Å²) in [7, 11) is 1.37. The van der Waals surface area contributed by atoms with Crippen molar-refractivity contribution < 1.29 is 19.1 Å². The van der Waals surface area contributed by atoms with E-state index in [0.717, 1.165) is 34.0 Å². The standard InChI is InChI=1S/C36H33N5O4S/c1-23-21-30(24(2)40(23)27-16-12-25(13-17-27)35(43)44-3)34-33(31-11-7-8-20-37-31)39-36(46)41(34)28-18-14-26(15-19-28)38-32(42)22-45-29-9-5-4-6-10-29/h4-21,33-34H,22H2,1-3H3,(H,38,42)(H,39,46)/t33-,34+/m0/s1. The number of pyridine rings is 1. The Labute approximate surface area is 272 Å². The Balaban J connectivity index is 1.30. The molecule has 1 amide bonds. The number of methoxy groups -OCH3 is 1. The molecule has 5 aromatic rings. The highest BCUT2D eigenvalue weighted by atomic mass is 32.1. The number of carbonyl (C=O) groups is 2. The van der Waals surface area contributed by atoms with Gasteiger partial charge in [-0.25, -0.2) is 4.79 Å². The molecule has 0 bridgehead atoms. The van der Waals surface area contributed by atoms with Crippen LogP contribution in [0.15, 0.2) is 109 Å². The molecule has 0 radical (unpaired) electrons. The predicted octanol–water partition coefficient (Wildman–Crippen LogP) is 6.47. The molecule has 2 aromatic heterocycles. The molecule has 46 heavy (non-hydrogen) atoms. The van der Waals surface area contributed by atoms with Gasteiger partial charge in [-0.3, -0.25) is 9.78 Å². The van der Waals surface area contributed by atoms with E-state index in [9.17, 15) is 9.59 Å². The Morgan fingerprint density at radius 1 is 0.913 bits per heavy atom. The molecule has 0 spiro atoms. The van der Waals surface area contributed by atoms with Gasteiger partial charge in [0.25, 0.3) is 5.91 Å². The van der Waals surface area contributed by atoms with Crippen LogP contribution in [-0.4, -0.2) is 40.3 Å². The molecule has 3 heterocycles. The summed E-state index contributed by atoms with van der Waals surface area (Å²) >= 11 is 5.94. The second-order valence-corrected chi connectivity index (χ2v) is 11.3. The topological polar surface area (TPSA) is 97.7 Å². The van der Waals surface area contributed by atoms with E-state index in [4.69, 9.17) is 21.7 Å². The lowest BCUT2D eigenvalue weighted by Crippen LogP contribution is -2.29. The zero-order valence-corrected chi connectivity index (χ0v) is 26.5. The number of thiocarbonyl (C=S) groups is 1. The summed E-state index contributed by atoms with van der Waals surface area (Å²) in [5.41, 5.74) is 6.95. The van der Waals surface area contributed by atoms with Crippen molar-refractivity contribution in [1.29, 1.82) is 0 Å². The maximum atomic E-state index is 12.6. The minimum Gasteiger partial charge on any atom is -0.484 e. The first kappa shape index (κ1) is 30.5. The minimum absolute atomic E-state index is 0.0965. The second-order valence-electron chi connectivity index (χ2n) is 10.9. The van der Waals surface area contributed by atoms with Crippen molar-refractivity contribution in [1.82, 2.24) is 14.9 Å². The average molecular weight is 632 g/mol. The summed E-state index contributed by atoms with van der Waals surface area (Å²) in [5, 5.41) is 6.98. The molecule has 0 aliphatic carbocycles. The molecule has 9 nitrogen and oxygen atoms in total. The molecule has 2 N–H and O–H groups in total. The van der Waals surface area contributed by atoms with Crippen LogP contribution < -0.4 is 20.3 Å². The number of rotatable bonds is 9. The van der Waals surface area contributed by atoms with Gasteiger partial charge in [0.1, 0.15) is 5.75 Å². The maximum absolute atomic E-state index is 12.6. The van der Waals surface area contributed by atoms with Crippen molar-refractivity contribution in [3.63, 3.8) is 0 Å². The first-order valence-corrected chi connectivity index (χ1v) is 15.2. The lowest BCUT2D eigenvalue weighted by molar-refractivity contribution is -0.118. The van der Waals surface area contributed by atoms with Crippen molar-refractivity contribution in [2.45, 2.75) is 25.9 Å². The number of benzene rings is 3. The van der Waals surface area contributed by atoms with Gasteiger partial charge in [0.15, 0.2) is 11.7 Å². The van der Waals surface area contributed by atoms with Crippen LogP contribution in [-0.2, 0) is 9.53 Å². The number of nitrogens with one attached hydrogen (secondary N) is 2. The van der Waals surface area contributed by atoms with Crippen LogP contribution in [0.1, 0.15) is 45.1 Å². The fourth-order valence-corrected chi connectivity index (χ4v) is 6.21. The van der Waals surface area contributed by atoms with Gasteiger partial charge < -0.3 is 29.6 Å². The van der Waals surface area contributed by atoms with Gasteiger partial charge >= 0.3 is 5.97 Å². The number of esters is 1. The van der Waals surface area contributed by atoms with Gasteiger partial charge in [-0.15, -0.1) is 0 Å². The zero-order valence-electron chi connectivity index (χ0n) is 25.6. The molecular weight excluding hydrogens is 598 g/mol. The number of anilines is 2. The Hall–Kier alpha value is -5.48. The first-order chi connectivity index (χ1) is 22.3. The normalized spacial score (nSPS) is 15.7. The number of carbonyl (C=O) groups excluding carboxylic acids is 2. The molecule has 10 heteroatoms.